The molecule has 0 bridgehead atoms. The topological polar surface area (TPSA) is 72.6 Å². The molecule has 2 rings (SSSR count). The number of anilines is 1. The summed E-state index contributed by atoms with van der Waals surface area (Å²) in [5.41, 5.74) is 6.09. The van der Waals surface area contributed by atoms with E-state index in [9.17, 15) is 8.42 Å². The average molecular weight is 351 g/mol. The van der Waals surface area contributed by atoms with Crippen LogP contribution < -0.4 is 5.73 Å². The van der Waals surface area contributed by atoms with Crippen molar-refractivity contribution in [1.82, 2.24) is 4.31 Å². The predicted molar refractivity (Wildman–Crippen MR) is 87.4 cm³/mol. The van der Waals surface area contributed by atoms with Crippen LogP contribution in [0.1, 0.15) is 6.42 Å². The van der Waals surface area contributed by atoms with E-state index in [1.807, 2.05) is 0 Å². The van der Waals surface area contributed by atoms with Crippen molar-refractivity contribution < 1.29 is 13.2 Å². The summed E-state index contributed by atoms with van der Waals surface area (Å²) >= 11 is 7.83. The molecule has 1 fully saturated rings. The van der Waals surface area contributed by atoms with Gasteiger partial charge in [0.2, 0.25) is 10.0 Å². The minimum absolute atomic E-state index is 0.0207. The first kappa shape index (κ1) is 16.9. The highest BCUT2D eigenvalue weighted by Crippen LogP contribution is 2.31. The van der Waals surface area contributed by atoms with Gasteiger partial charge in [-0.25, -0.2) is 8.42 Å². The van der Waals surface area contributed by atoms with Gasteiger partial charge < -0.3 is 10.5 Å². The molecule has 1 heterocycles. The van der Waals surface area contributed by atoms with Crippen molar-refractivity contribution in [3.05, 3.63) is 23.2 Å². The Morgan fingerprint density at radius 3 is 2.90 bits per heavy atom. The van der Waals surface area contributed by atoms with Gasteiger partial charge in [-0.1, -0.05) is 11.6 Å². The van der Waals surface area contributed by atoms with Crippen LogP contribution >= 0.6 is 23.4 Å². The Balaban J connectivity index is 2.38. The Morgan fingerprint density at radius 1 is 1.52 bits per heavy atom. The number of nitrogens with two attached hydrogens (primary N) is 1. The number of methoxy groups -OCH3 is 1. The molecule has 0 saturated carbocycles. The number of nitrogen functional groups attached to an aromatic ring is 1. The monoisotopic (exact) mass is 350 g/mol. The maximum absolute atomic E-state index is 12.9. The van der Waals surface area contributed by atoms with E-state index >= 15 is 0 Å². The van der Waals surface area contributed by atoms with Crippen molar-refractivity contribution in [3.63, 3.8) is 0 Å². The molecule has 1 atom stereocenters. The number of benzene rings is 1. The van der Waals surface area contributed by atoms with Crippen LogP contribution in [0.15, 0.2) is 23.1 Å². The average Bonchev–Trinajstić information content (AvgIpc) is 2.95. The molecular formula is C13H19ClN2O3S2. The normalized spacial score (nSPS) is 19.3. The van der Waals surface area contributed by atoms with Crippen molar-refractivity contribution in [2.75, 3.05) is 37.5 Å². The fraction of sp³-hybridized carbons (Fsp3) is 0.538. The molecule has 21 heavy (non-hydrogen) atoms. The molecule has 1 saturated heterocycles. The van der Waals surface area contributed by atoms with E-state index in [4.69, 9.17) is 22.1 Å². The third kappa shape index (κ3) is 3.84. The van der Waals surface area contributed by atoms with Crippen LogP contribution in [0, 0.1) is 0 Å². The van der Waals surface area contributed by atoms with Gasteiger partial charge in [-0.05, 0) is 30.4 Å². The fourth-order valence-electron chi connectivity index (χ4n) is 2.27. The van der Waals surface area contributed by atoms with Crippen LogP contribution in [0.4, 0.5) is 5.69 Å². The van der Waals surface area contributed by atoms with Crippen molar-refractivity contribution in [3.8, 4) is 0 Å². The number of hydrogen-bond acceptors (Lipinski definition) is 5. The molecule has 0 amide bonds. The standard InChI is InChI=1S/C13H19ClN2O3S2/c1-19-6-5-16(11-4-7-20-9-11)21(17,18)13-8-10(15)2-3-12(13)14/h2-3,8,11H,4-7,9,15H2,1H3. The molecule has 0 spiro atoms. The number of halogens is 1. The Bertz CT molecular complexity index is 589. The number of nitrogens with zero attached hydrogens (tertiary/aromatic N) is 1. The number of thioether (sulfide) groups is 1. The summed E-state index contributed by atoms with van der Waals surface area (Å²) in [7, 11) is -2.12. The van der Waals surface area contributed by atoms with Crippen LogP contribution in [-0.2, 0) is 14.8 Å². The van der Waals surface area contributed by atoms with Crippen LogP contribution in [-0.4, -0.2) is 50.5 Å². The maximum Gasteiger partial charge on any atom is 0.244 e. The summed E-state index contributed by atoms with van der Waals surface area (Å²) < 4.78 is 32.4. The molecule has 0 aromatic heterocycles. The van der Waals surface area contributed by atoms with Gasteiger partial charge in [-0.2, -0.15) is 16.1 Å². The first-order chi connectivity index (χ1) is 9.96. The zero-order chi connectivity index (χ0) is 15.5. The molecule has 1 unspecified atom stereocenters. The fourth-order valence-corrected chi connectivity index (χ4v) is 5.74. The van der Waals surface area contributed by atoms with E-state index in [-0.39, 0.29) is 16.0 Å². The second-order valence-electron chi connectivity index (χ2n) is 4.82. The number of sulfonamides is 1. The molecular weight excluding hydrogens is 332 g/mol. The minimum Gasteiger partial charge on any atom is -0.399 e. The SMILES string of the molecule is COCCN(C1CCSC1)S(=O)(=O)c1cc(N)ccc1Cl. The largest absolute Gasteiger partial charge is 0.399 e. The molecule has 1 aliphatic heterocycles. The third-order valence-electron chi connectivity index (χ3n) is 3.37. The van der Waals surface area contributed by atoms with Gasteiger partial charge in [-0.15, -0.1) is 0 Å². The summed E-state index contributed by atoms with van der Waals surface area (Å²) in [6.45, 7) is 0.662. The molecule has 118 valence electrons. The molecule has 0 aliphatic carbocycles. The third-order valence-corrected chi connectivity index (χ3v) is 6.95. The molecule has 2 N–H and O–H groups in total. The summed E-state index contributed by atoms with van der Waals surface area (Å²) in [4.78, 5) is 0.0668. The lowest BCUT2D eigenvalue weighted by molar-refractivity contribution is 0.169. The molecule has 1 aromatic carbocycles. The molecule has 1 aliphatic rings. The maximum atomic E-state index is 12.9. The lowest BCUT2D eigenvalue weighted by Gasteiger charge is -2.27. The van der Waals surface area contributed by atoms with Crippen LogP contribution in [0.3, 0.4) is 0 Å². The molecule has 5 nitrogen and oxygen atoms in total. The van der Waals surface area contributed by atoms with Crippen molar-refractivity contribution in [2.45, 2.75) is 17.4 Å². The Morgan fingerprint density at radius 2 is 2.29 bits per heavy atom. The van der Waals surface area contributed by atoms with Crippen LogP contribution in [0.2, 0.25) is 5.02 Å². The van der Waals surface area contributed by atoms with Crippen LogP contribution in [0.5, 0.6) is 0 Å². The van der Waals surface area contributed by atoms with E-state index < -0.39 is 10.0 Å². The summed E-state index contributed by atoms with van der Waals surface area (Å²) in [5.74, 6) is 1.76. The lowest BCUT2D eigenvalue weighted by Crippen LogP contribution is -2.42. The van der Waals surface area contributed by atoms with Gasteiger partial charge in [0.15, 0.2) is 0 Å². The first-order valence-electron chi connectivity index (χ1n) is 6.60. The highest BCUT2D eigenvalue weighted by atomic mass is 35.5. The van der Waals surface area contributed by atoms with Gasteiger partial charge in [0, 0.05) is 31.1 Å². The van der Waals surface area contributed by atoms with E-state index in [1.54, 1.807) is 24.9 Å². The van der Waals surface area contributed by atoms with Gasteiger partial charge in [-0.3, -0.25) is 0 Å². The second-order valence-corrected chi connectivity index (χ2v) is 8.23. The zero-order valence-corrected chi connectivity index (χ0v) is 14.2. The summed E-state index contributed by atoms with van der Waals surface area (Å²) in [6.07, 6.45) is 0.841. The first-order valence-corrected chi connectivity index (χ1v) is 9.57. The Hall–Kier alpha value is -0.470. The molecule has 0 radical (unpaired) electrons. The molecule has 1 aromatic rings. The zero-order valence-electron chi connectivity index (χ0n) is 11.8. The molecule has 8 heteroatoms. The minimum atomic E-state index is -3.68. The van der Waals surface area contributed by atoms with Crippen molar-refractivity contribution in [2.24, 2.45) is 0 Å². The number of rotatable bonds is 6. The summed E-state index contributed by atoms with van der Waals surface area (Å²) in [6, 6.07) is 4.50. The Labute approximate surface area is 134 Å². The van der Waals surface area contributed by atoms with E-state index in [1.165, 1.54) is 16.4 Å². The number of hydrogen-bond donors (Lipinski definition) is 1. The van der Waals surface area contributed by atoms with E-state index in [2.05, 4.69) is 0 Å². The quantitative estimate of drug-likeness (QED) is 0.795. The van der Waals surface area contributed by atoms with E-state index in [0.717, 1.165) is 17.9 Å². The van der Waals surface area contributed by atoms with Gasteiger partial charge in [0.25, 0.3) is 0 Å². The lowest BCUT2D eigenvalue weighted by atomic mass is 10.3. The highest BCUT2D eigenvalue weighted by molar-refractivity contribution is 7.99. The van der Waals surface area contributed by atoms with Crippen LogP contribution in [0.25, 0.3) is 0 Å². The number of ether oxygens (including phenoxy) is 1. The van der Waals surface area contributed by atoms with Crippen molar-refractivity contribution >= 4 is 39.1 Å². The van der Waals surface area contributed by atoms with Crippen molar-refractivity contribution in [1.29, 1.82) is 0 Å². The van der Waals surface area contributed by atoms with Gasteiger partial charge in [0.1, 0.15) is 4.90 Å². The van der Waals surface area contributed by atoms with Gasteiger partial charge in [0.05, 0.1) is 11.6 Å². The van der Waals surface area contributed by atoms with E-state index in [0.29, 0.717) is 18.8 Å². The second kappa shape index (κ2) is 7.19. The predicted octanol–water partition coefficient (Wildman–Crippen LogP) is 2.06. The Kier molecular flexibility index (Phi) is 5.79. The highest BCUT2D eigenvalue weighted by Gasteiger charge is 2.34. The smallest absolute Gasteiger partial charge is 0.244 e. The van der Waals surface area contributed by atoms with Gasteiger partial charge >= 0.3 is 0 Å². The summed E-state index contributed by atoms with van der Waals surface area (Å²) in [5, 5.41) is 0.192.